The van der Waals surface area contributed by atoms with Crippen molar-refractivity contribution in [2.75, 3.05) is 13.2 Å². The highest BCUT2D eigenvalue weighted by atomic mass is 35.5. The number of carbonyl (C=O) groups is 1. The van der Waals surface area contributed by atoms with E-state index < -0.39 is 0 Å². The highest BCUT2D eigenvalue weighted by Gasteiger charge is 2.37. The van der Waals surface area contributed by atoms with Gasteiger partial charge in [-0.05, 0) is 49.9 Å². The molecule has 0 bridgehead atoms. The molecule has 3 heterocycles. The molecule has 1 aromatic carbocycles. The maximum absolute atomic E-state index is 13.0. The third kappa shape index (κ3) is 2.77. The van der Waals surface area contributed by atoms with Crippen LogP contribution in [0.4, 0.5) is 0 Å². The molecule has 24 heavy (non-hydrogen) atoms. The van der Waals surface area contributed by atoms with Crippen molar-refractivity contribution in [1.29, 1.82) is 0 Å². The van der Waals surface area contributed by atoms with Crippen LogP contribution < -0.4 is 4.74 Å². The van der Waals surface area contributed by atoms with E-state index in [0.717, 1.165) is 42.2 Å². The molecule has 0 saturated carbocycles. The summed E-state index contributed by atoms with van der Waals surface area (Å²) in [5.41, 5.74) is 1.85. The molecule has 0 spiro atoms. The first kappa shape index (κ1) is 15.5. The zero-order valence-corrected chi connectivity index (χ0v) is 14.3. The van der Waals surface area contributed by atoms with Gasteiger partial charge in [-0.3, -0.25) is 4.79 Å². The average molecular weight is 347 g/mol. The van der Waals surface area contributed by atoms with E-state index in [4.69, 9.17) is 20.9 Å². The van der Waals surface area contributed by atoms with E-state index in [2.05, 4.69) is 5.16 Å². The largest absolute Gasteiger partial charge is 0.492 e. The molecule has 1 saturated heterocycles. The second-order valence-corrected chi connectivity index (χ2v) is 6.95. The van der Waals surface area contributed by atoms with Gasteiger partial charge in [-0.15, -0.1) is 0 Å². The van der Waals surface area contributed by atoms with Gasteiger partial charge in [0.2, 0.25) is 5.91 Å². The van der Waals surface area contributed by atoms with Gasteiger partial charge in [0.25, 0.3) is 0 Å². The maximum atomic E-state index is 13.0. The Morgan fingerprint density at radius 1 is 1.38 bits per heavy atom. The molecule has 6 heteroatoms. The van der Waals surface area contributed by atoms with Gasteiger partial charge in [-0.1, -0.05) is 16.8 Å². The summed E-state index contributed by atoms with van der Waals surface area (Å²) in [4.78, 5) is 15.0. The number of amides is 1. The van der Waals surface area contributed by atoms with Crippen LogP contribution in [0.3, 0.4) is 0 Å². The quantitative estimate of drug-likeness (QED) is 0.834. The fourth-order valence-corrected chi connectivity index (χ4v) is 3.83. The van der Waals surface area contributed by atoms with Crippen LogP contribution in [0.2, 0.25) is 5.02 Å². The molecular weight excluding hydrogens is 328 g/mol. The standard InChI is InChI=1S/C18H19ClN2O3/c1-11-7-15(20-24-11)16-3-2-6-21(16)18(22)13-8-12-9-14(19)4-5-17(12)23-10-13/h4-5,7,9,13,16H,2-3,6,8,10H2,1H3/t13-,16-/m0/s1. The van der Waals surface area contributed by atoms with Crippen molar-refractivity contribution in [1.82, 2.24) is 10.1 Å². The SMILES string of the molecule is Cc1cc([C@@H]2CCCN2C(=O)[C@@H]2COc3ccc(Cl)cc3C2)no1. The molecule has 0 radical (unpaired) electrons. The summed E-state index contributed by atoms with van der Waals surface area (Å²) in [5.74, 6) is 1.55. The second kappa shape index (κ2) is 6.13. The molecule has 5 nitrogen and oxygen atoms in total. The van der Waals surface area contributed by atoms with Crippen LogP contribution in [0.25, 0.3) is 0 Å². The molecule has 2 aromatic rings. The number of ether oxygens (including phenoxy) is 1. The summed E-state index contributed by atoms with van der Waals surface area (Å²) < 4.78 is 11.0. The molecule has 1 aromatic heterocycles. The molecule has 0 N–H and O–H groups in total. The van der Waals surface area contributed by atoms with E-state index in [1.54, 1.807) is 0 Å². The van der Waals surface area contributed by atoms with Gasteiger partial charge in [0.1, 0.15) is 23.8 Å². The molecule has 0 unspecified atom stereocenters. The molecule has 2 aliphatic heterocycles. The van der Waals surface area contributed by atoms with Gasteiger partial charge in [0, 0.05) is 17.6 Å². The number of benzene rings is 1. The zero-order valence-electron chi connectivity index (χ0n) is 13.5. The van der Waals surface area contributed by atoms with E-state index >= 15 is 0 Å². The van der Waals surface area contributed by atoms with Crippen molar-refractivity contribution in [3.05, 3.63) is 46.3 Å². The van der Waals surface area contributed by atoms with Gasteiger partial charge < -0.3 is 14.2 Å². The van der Waals surface area contributed by atoms with Gasteiger partial charge in [0.05, 0.1) is 12.0 Å². The number of rotatable bonds is 2. The maximum Gasteiger partial charge on any atom is 0.230 e. The minimum atomic E-state index is -0.176. The molecule has 1 fully saturated rings. The molecule has 2 atom stereocenters. The number of aryl methyl sites for hydroxylation is 1. The van der Waals surface area contributed by atoms with Gasteiger partial charge in [-0.25, -0.2) is 0 Å². The number of carbonyl (C=O) groups excluding carboxylic acids is 1. The first-order valence-corrected chi connectivity index (χ1v) is 8.64. The summed E-state index contributed by atoms with van der Waals surface area (Å²) in [6.45, 7) is 3.04. The predicted molar refractivity (Wildman–Crippen MR) is 89.1 cm³/mol. The topological polar surface area (TPSA) is 55.6 Å². The van der Waals surface area contributed by atoms with Gasteiger partial charge in [-0.2, -0.15) is 0 Å². The lowest BCUT2D eigenvalue weighted by Crippen LogP contribution is -2.40. The summed E-state index contributed by atoms with van der Waals surface area (Å²) in [6, 6.07) is 7.50. The monoisotopic (exact) mass is 346 g/mol. The molecule has 126 valence electrons. The number of hydrogen-bond donors (Lipinski definition) is 0. The van der Waals surface area contributed by atoms with E-state index in [1.165, 1.54) is 0 Å². The fraction of sp³-hybridized carbons (Fsp3) is 0.444. The number of halogens is 1. The van der Waals surface area contributed by atoms with Crippen molar-refractivity contribution in [2.24, 2.45) is 5.92 Å². The third-order valence-electron chi connectivity index (χ3n) is 4.80. The lowest BCUT2D eigenvalue weighted by Gasteiger charge is -2.30. The Morgan fingerprint density at radius 3 is 3.04 bits per heavy atom. The minimum Gasteiger partial charge on any atom is -0.492 e. The summed E-state index contributed by atoms with van der Waals surface area (Å²) in [5, 5.41) is 4.77. The Hall–Kier alpha value is -2.01. The molecule has 2 aliphatic rings. The average Bonchev–Trinajstić information content (AvgIpc) is 3.22. The Bertz CT molecular complexity index is 773. The van der Waals surface area contributed by atoms with E-state index in [9.17, 15) is 4.79 Å². The first-order chi connectivity index (χ1) is 11.6. The minimum absolute atomic E-state index is 0.00992. The summed E-state index contributed by atoms with van der Waals surface area (Å²) >= 11 is 6.07. The van der Waals surface area contributed by atoms with Crippen molar-refractivity contribution >= 4 is 17.5 Å². The fourth-order valence-electron chi connectivity index (χ4n) is 3.64. The van der Waals surface area contributed by atoms with Gasteiger partial charge >= 0.3 is 0 Å². The number of hydrogen-bond acceptors (Lipinski definition) is 4. The van der Waals surface area contributed by atoms with Crippen LogP contribution in [0.1, 0.15) is 35.9 Å². The van der Waals surface area contributed by atoms with Crippen LogP contribution in [0.15, 0.2) is 28.8 Å². The summed E-state index contributed by atoms with van der Waals surface area (Å²) in [6.07, 6.45) is 2.57. The van der Waals surface area contributed by atoms with Crippen molar-refractivity contribution in [2.45, 2.75) is 32.2 Å². The van der Waals surface area contributed by atoms with E-state index in [0.29, 0.717) is 18.1 Å². The lowest BCUT2D eigenvalue weighted by atomic mass is 9.95. The normalized spacial score (nSPS) is 23.0. The molecule has 4 rings (SSSR count). The molecular formula is C18H19ClN2O3. The Kier molecular flexibility index (Phi) is 3.96. The van der Waals surface area contributed by atoms with Crippen LogP contribution in [0.5, 0.6) is 5.75 Å². The van der Waals surface area contributed by atoms with Crippen molar-refractivity contribution < 1.29 is 14.1 Å². The van der Waals surface area contributed by atoms with E-state index in [1.807, 2.05) is 36.1 Å². The highest BCUT2D eigenvalue weighted by molar-refractivity contribution is 6.30. The second-order valence-electron chi connectivity index (χ2n) is 6.52. The number of likely N-dealkylation sites (tertiary alicyclic amines) is 1. The van der Waals surface area contributed by atoms with Crippen LogP contribution in [-0.2, 0) is 11.2 Å². The Morgan fingerprint density at radius 2 is 2.25 bits per heavy atom. The third-order valence-corrected chi connectivity index (χ3v) is 5.04. The van der Waals surface area contributed by atoms with Crippen LogP contribution in [-0.4, -0.2) is 29.1 Å². The summed E-state index contributed by atoms with van der Waals surface area (Å²) in [7, 11) is 0. The Balaban J connectivity index is 1.53. The van der Waals surface area contributed by atoms with Crippen LogP contribution in [0, 0.1) is 12.8 Å². The zero-order chi connectivity index (χ0) is 16.7. The van der Waals surface area contributed by atoms with Crippen LogP contribution >= 0.6 is 11.6 Å². The Labute approximate surface area is 145 Å². The van der Waals surface area contributed by atoms with E-state index in [-0.39, 0.29) is 17.9 Å². The molecule has 1 amide bonds. The number of nitrogens with zero attached hydrogens (tertiary/aromatic N) is 2. The van der Waals surface area contributed by atoms with Crippen molar-refractivity contribution in [3.63, 3.8) is 0 Å². The predicted octanol–water partition coefficient (Wildman–Crippen LogP) is 3.55. The number of fused-ring (bicyclic) bond motifs is 1. The number of aromatic nitrogens is 1. The highest BCUT2D eigenvalue weighted by Crippen LogP contribution is 2.35. The van der Waals surface area contributed by atoms with Gasteiger partial charge in [0.15, 0.2) is 0 Å². The lowest BCUT2D eigenvalue weighted by molar-refractivity contribution is -0.138. The smallest absolute Gasteiger partial charge is 0.230 e. The molecule has 0 aliphatic carbocycles. The van der Waals surface area contributed by atoms with Crippen molar-refractivity contribution in [3.8, 4) is 5.75 Å². The first-order valence-electron chi connectivity index (χ1n) is 8.27.